The number of methoxy groups -OCH3 is 3. The molecule has 0 fully saturated rings. The van der Waals surface area contributed by atoms with Gasteiger partial charge in [-0.15, -0.1) is 0 Å². The molecule has 3 rings (SSSR count). The third-order valence-corrected chi connectivity index (χ3v) is 5.19. The first-order chi connectivity index (χ1) is 14.0. The van der Waals surface area contributed by atoms with Gasteiger partial charge in [-0.05, 0) is 46.9 Å². The lowest BCUT2D eigenvalue weighted by molar-refractivity contribution is 0.100. The molecule has 29 heavy (non-hydrogen) atoms. The predicted octanol–water partition coefficient (Wildman–Crippen LogP) is 4.54. The Kier molecular flexibility index (Phi) is 6.42. The van der Waals surface area contributed by atoms with Crippen LogP contribution in [0.1, 0.15) is 15.9 Å². The average molecular weight is 507 g/mol. The largest absolute Gasteiger partial charge is 0.493 e. The summed E-state index contributed by atoms with van der Waals surface area (Å²) in [6, 6.07) is 12.1. The van der Waals surface area contributed by atoms with Gasteiger partial charge in [0.25, 0.3) is 11.9 Å². The van der Waals surface area contributed by atoms with Gasteiger partial charge in [-0.25, -0.2) is 4.99 Å². The van der Waals surface area contributed by atoms with Crippen molar-refractivity contribution in [2.24, 2.45) is 4.99 Å². The molecule has 0 atom stereocenters. The van der Waals surface area contributed by atoms with Crippen LogP contribution in [0.25, 0.3) is 11.3 Å². The Hall–Kier alpha value is -3.01. The molecular weight excluding hydrogens is 489 g/mol. The average Bonchev–Trinajstić information content (AvgIpc) is 3.04. The van der Waals surface area contributed by atoms with Crippen molar-refractivity contribution in [2.45, 2.75) is 0 Å². The van der Waals surface area contributed by atoms with Gasteiger partial charge < -0.3 is 23.7 Å². The van der Waals surface area contributed by atoms with E-state index in [1.165, 1.54) is 27.5 Å². The first-order valence-corrected chi connectivity index (χ1v) is 9.53. The van der Waals surface area contributed by atoms with Crippen molar-refractivity contribution in [2.75, 3.05) is 21.3 Å². The Morgan fingerprint density at radius 3 is 2.24 bits per heavy atom. The molecule has 2 aromatic carbocycles. The standard InChI is InChI=1S/C21H18INO6/c1-26-15-9-13(10-16(27-2)19(15)28-3)18-17(22)14(21(25)29-18)11-23-20(24)12-7-5-4-6-8-12/h4-11,25H,1-3H3. The first kappa shape index (κ1) is 20.7. The van der Waals surface area contributed by atoms with E-state index in [0.29, 0.717) is 43.3 Å². The van der Waals surface area contributed by atoms with Gasteiger partial charge in [-0.2, -0.15) is 0 Å². The zero-order valence-corrected chi connectivity index (χ0v) is 18.1. The maximum absolute atomic E-state index is 12.2. The smallest absolute Gasteiger partial charge is 0.292 e. The minimum atomic E-state index is -0.420. The van der Waals surface area contributed by atoms with E-state index < -0.39 is 5.91 Å². The van der Waals surface area contributed by atoms with E-state index in [1.54, 1.807) is 36.4 Å². The molecule has 3 aromatic rings. The van der Waals surface area contributed by atoms with Crippen molar-refractivity contribution in [3.63, 3.8) is 0 Å². The summed E-state index contributed by atoms with van der Waals surface area (Å²) >= 11 is 2.02. The van der Waals surface area contributed by atoms with Crippen LogP contribution in [0.3, 0.4) is 0 Å². The topological polar surface area (TPSA) is 90.5 Å². The number of aromatic hydroxyl groups is 1. The fraction of sp³-hybridized carbons (Fsp3) is 0.143. The number of halogens is 1. The predicted molar refractivity (Wildman–Crippen MR) is 117 cm³/mol. The minimum absolute atomic E-state index is 0.304. The second-order valence-corrected chi connectivity index (χ2v) is 6.89. The van der Waals surface area contributed by atoms with Gasteiger partial charge in [0.05, 0.1) is 30.5 Å². The van der Waals surface area contributed by atoms with Crippen molar-refractivity contribution in [3.05, 3.63) is 57.2 Å². The highest BCUT2D eigenvalue weighted by Crippen LogP contribution is 2.44. The third-order valence-electron chi connectivity index (χ3n) is 4.12. The molecule has 0 saturated heterocycles. The zero-order valence-electron chi connectivity index (χ0n) is 15.9. The summed E-state index contributed by atoms with van der Waals surface area (Å²) in [6.45, 7) is 0. The molecule has 0 unspecified atom stereocenters. The summed E-state index contributed by atoms with van der Waals surface area (Å²) in [7, 11) is 4.54. The Bertz CT molecular complexity index is 1030. The summed E-state index contributed by atoms with van der Waals surface area (Å²) < 4.78 is 22.2. The van der Waals surface area contributed by atoms with Gasteiger partial charge in [0.15, 0.2) is 17.3 Å². The zero-order chi connectivity index (χ0) is 21.0. The molecule has 0 aliphatic rings. The third kappa shape index (κ3) is 4.21. The number of carbonyl (C=O) groups is 1. The lowest BCUT2D eigenvalue weighted by Gasteiger charge is -2.13. The number of ether oxygens (including phenoxy) is 3. The fourth-order valence-electron chi connectivity index (χ4n) is 2.70. The van der Waals surface area contributed by atoms with Gasteiger partial charge >= 0.3 is 0 Å². The number of furan rings is 1. The van der Waals surface area contributed by atoms with Crippen molar-refractivity contribution >= 4 is 34.7 Å². The molecule has 0 saturated carbocycles. The van der Waals surface area contributed by atoms with Crippen LogP contribution in [0.5, 0.6) is 23.2 Å². The lowest BCUT2D eigenvalue weighted by atomic mass is 10.1. The summed E-state index contributed by atoms with van der Waals surface area (Å²) in [5.74, 6) is 0.959. The normalized spacial score (nSPS) is 10.9. The van der Waals surface area contributed by atoms with Gasteiger partial charge in [0.2, 0.25) is 5.75 Å². The van der Waals surface area contributed by atoms with Gasteiger partial charge in [0, 0.05) is 17.3 Å². The highest BCUT2D eigenvalue weighted by molar-refractivity contribution is 14.1. The highest BCUT2D eigenvalue weighted by atomic mass is 127. The molecule has 150 valence electrons. The monoisotopic (exact) mass is 507 g/mol. The van der Waals surface area contributed by atoms with Crippen LogP contribution in [-0.2, 0) is 0 Å². The van der Waals surface area contributed by atoms with E-state index in [9.17, 15) is 9.90 Å². The summed E-state index contributed by atoms with van der Waals surface area (Å²) in [5, 5.41) is 10.2. The van der Waals surface area contributed by atoms with Crippen LogP contribution in [0.2, 0.25) is 0 Å². The number of nitrogens with zero attached hydrogens (tertiary/aromatic N) is 1. The molecule has 7 nitrogen and oxygen atoms in total. The maximum atomic E-state index is 12.2. The van der Waals surface area contributed by atoms with Gasteiger partial charge in [-0.3, -0.25) is 4.79 Å². The Balaban J connectivity index is 2.00. The first-order valence-electron chi connectivity index (χ1n) is 8.45. The second-order valence-electron chi connectivity index (χ2n) is 5.81. The van der Waals surface area contributed by atoms with Crippen LogP contribution in [-0.4, -0.2) is 38.6 Å². The lowest BCUT2D eigenvalue weighted by Crippen LogP contribution is -1.96. The number of amides is 1. The fourth-order valence-corrected chi connectivity index (χ4v) is 3.49. The second kappa shape index (κ2) is 8.99. The number of hydrogen-bond donors (Lipinski definition) is 1. The van der Waals surface area contributed by atoms with Crippen molar-refractivity contribution in [3.8, 4) is 34.5 Å². The molecule has 0 bridgehead atoms. The summed E-state index contributed by atoms with van der Waals surface area (Å²) in [4.78, 5) is 16.1. The van der Waals surface area contributed by atoms with E-state index in [0.717, 1.165) is 0 Å². The molecule has 0 aliphatic heterocycles. The number of hydrogen-bond acceptors (Lipinski definition) is 6. The van der Waals surface area contributed by atoms with Crippen LogP contribution >= 0.6 is 22.6 Å². The summed E-state index contributed by atoms with van der Waals surface area (Å²) in [5.41, 5.74) is 1.36. The maximum Gasteiger partial charge on any atom is 0.292 e. The molecule has 1 aromatic heterocycles. The van der Waals surface area contributed by atoms with Crippen molar-refractivity contribution in [1.82, 2.24) is 0 Å². The van der Waals surface area contributed by atoms with Crippen LogP contribution in [0.15, 0.2) is 51.9 Å². The Morgan fingerprint density at radius 2 is 1.69 bits per heavy atom. The minimum Gasteiger partial charge on any atom is -0.493 e. The SMILES string of the molecule is COc1cc(-c2oc(O)c(C=NC(=O)c3ccccc3)c2I)cc(OC)c1OC. The number of aliphatic imine (C=N–C) groups is 1. The summed E-state index contributed by atoms with van der Waals surface area (Å²) in [6.07, 6.45) is 1.29. The van der Waals surface area contributed by atoms with E-state index in [4.69, 9.17) is 18.6 Å². The van der Waals surface area contributed by atoms with Crippen LogP contribution in [0.4, 0.5) is 0 Å². The van der Waals surface area contributed by atoms with E-state index >= 15 is 0 Å². The molecule has 1 amide bonds. The Labute approximate surface area is 181 Å². The molecular formula is C21H18INO6. The van der Waals surface area contributed by atoms with Crippen molar-refractivity contribution in [1.29, 1.82) is 0 Å². The number of carbonyl (C=O) groups excluding carboxylic acids is 1. The quantitative estimate of drug-likeness (QED) is 0.389. The molecule has 8 heteroatoms. The van der Waals surface area contributed by atoms with Crippen molar-refractivity contribution < 1.29 is 28.5 Å². The van der Waals surface area contributed by atoms with E-state index in [1.807, 2.05) is 28.7 Å². The molecule has 0 aliphatic carbocycles. The highest BCUT2D eigenvalue weighted by Gasteiger charge is 2.22. The number of benzene rings is 2. The number of rotatable bonds is 6. The van der Waals surface area contributed by atoms with E-state index in [-0.39, 0.29) is 5.95 Å². The van der Waals surface area contributed by atoms with Gasteiger partial charge in [0.1, 0.15) is 0 Å². The Morgan fingerprint density at radius 1 is 1.07 bits per heavy atom. The molecule has 1 heterocycles. The van der Waals surface area contributed by atoms with E-state index in [2.05, 4.69) is 4.99 Å². The van der Waals surface area contributed by atoms with Gasteiger partial charge in [-0.1, -0.05) is 18.2 Å². The molecule has 1 N–H and O–H groups in total. The molecule has 0 spiro atoms. The molecule has 0 radical (unpaired) electrons. The van der Waals surface area contributed by atoms with Crippen LogP contribution in [0, 0.1) is 3.57 Å². The van der Waals surface area contributed by atoms with Crippen LogP contribution < -0.4 is 14.2 Å².